The molecule has 2 amide bonds. The summed E-state index contributed by atoms with van der Waals surface area (Å²) < 4.78 is 1.15. The minimum Gasteiger partial charge on any atom is -0.342 e. The molecule has 25 heavy (non-hydrogen) atoms. The highest BCUT2D eigenvalue weighted by Gasteiger charge is 2.31. The van der Waals surface area contributed by atoms with Crippen LogP contribution in [-0.4, -0.2) is 47.8 Å². The van der Waals surface area contributed by atoms with Crippen molar-refractivity contribution in [3.8, 4) is 0 Å². The maximum Gasteiger partial charge on any atom is 0.263 e. The Morgan fingerprint density at radius 2 is 1.64 bits per heavy atom. The summed E-state index contributed by atoms with van der Waals surface area (Å²) in [5.41, 5.74) is 0. The highest BCUT2D eigenvalue weighted by atomic mass is 32.1. The molecule has 2 aromatic rings. The Kier molecular flexibility index (Phi) is 4.75. The largest absolute Gasteiger partial charge is 0.342 e. The summed E-state index contributed by atoms with van der Waals surface area (Å²) in [5, 5.41) is 1.13. The van der Waals surface area contributed by atoms with Crippen molar-refractivity contribution in [1.29, 1.82) is 0 Å². The van der Waals surface area contributed by atoms with Crippen LogP contribution in [0.15, 0.2) is 30.3 Å². The lowest BCUT2D eigenvalue weighted by molar-refractivity contribution is -0.137. The number of thiophene rings is 1. The Morgan fingerprint density at radius 3 is 2.36 bits per heavy atom. The van der Waals surface area contributed by atoms with Crippen molar-refractivity contribution in [3.05, 3.63) is 35.2 Å². The van der Waals surface area contributed by atoms with Crippen molar-refractivity contribution in [2.24, 2.45) is 5.92 Å². The number of nitrogens with zero attached hydrogens (tertiary/aromatic N) is 2. The summed E-state index contributed by atoms with van der Waals surface area (Å²) in [6.07, 6.45) is 5.11. The molecule has 5 heteroatoms. The number of carbonyl (C=O) groups is 2. The van der Waals surface area contributed by atoms with Gasteiger partial charge in [0.15, 0.2) is 0 Å². The maximum absolute atomic E-state index is 12.8. The van der Waals surface area contributed by atoms with E-state index in [2.05, 4.69) is 6.07 Å². The molecule has 0 radical (unpaired) electrons. The zero-order valence-corrected chi connectivity index (χ0v) is 15.3. The Bertz CT molecular complexity index is 738. The van der Waals surface area contributed by atoms with Crippen molar-refractivity contribution in [2.45, 2.75) is 32.1 Å². The van der Waals surface area contributed by atoms with Gasteiger partial charge in [0.25, 0.3) is 5.91 Å². The zero-order chi connectivity index (χ0) is 17.2. The Labute approximate surface area is 152 Å². The van der Waals surface area contributed by atoms with Crippen LogP contribution in [0.4, 0.5) is 0 Å². The molecule has 0 saturated carbocycles. The van der Waals surface area contributed by atoms with Gasteiger partial charge in [-0.3, -0.25) is 9.59 Å². The van der Waals surface area contributed by atoms with E-state index in [0.717, 1.165) is 53.7 Å². The predicted octanol–water partition coefficient (Wildman–Crippen LogP) is 3.77. The number of fused-ring (bicyclic) bond motifs is 1. The molecule has 2 saturated heterocycles. The van der Waals surface area contributed by atoms with Gasteiger partial charge >= 0.3 is 0 Å². The molecule has 2 aliphatic heterocycles. The first-order valence-electron chi connectivity index (χ1n) is 9.29. The molecule has 1 aromatic carbocycles. The molecule has 0 atom stereocenters. The number of piperidine rings is 2. The lowest BCUT2D eigenvalue weighted by Crippen LogP contribution is -2.45. The summed E-state index contributed by atoms with van der Waals surface area (Å²) in [6, 6.07) is 10.1. The molecule has 4 nitrogen and oxygen atoms in total. The monoisotopic (exact) mass is 356 g/mol. The smallest absolute Gasteiger partial charge is 0.263 e. The van der Waals surface area contributed by atoms with Gasteiger partial charge in [-0.2, -0.15) is 0 Å². The van der Waals surface area contributed by atoms with Gasteiger partial charge < -0.3 is 9.80 Å². The number of amides is 2. The van der Waals surface area contributed by atoms with Crippen LogP contribution >= 0.6 is 11.3 Å². The first-order chi connectivity index (χ1) is 12.2. The molecule has 1 aromatic heterocycles. The average Bonchev–Trinajstić information content (AvgIpc) is 3.12. The second-order valence-electron chi connectivity index (χ2n) is 7.10. The van der Waals surface area contributed by atoms with Crippen LogP contribution < -0.4 is 0 Å². The maximum atomic E-state index is 12.8. The third-order valence-corrected chi connectivity index (χ3v) is 6.54. The van der Waals surface area contributed by atoms with Gasteiger partial charge in [-0.05, 0) is 49.6 Å². The van der Waals surface area contributed by atoms with Crippen LogP contribution in [0.5, 0.6) is 0 Å². The van der Waals surface area contributed by atoms with Crippen molar-refractivity contribution < 1.29 is 9.59 Å². The van der Waals surface area contributed by atoms with Gasteiger partial charge in [0, 0.05) is 36.8 Å². The Hall–Kier alpha value is -1.88. The molecule has 132 valence electrons. The van der Waals surface area contributed by atoms with Crippen molar-refractivity contribution >= 4 is 33.2 Å². The third kappa shape index (κ3) is 3.43. The first kappa shape index (κ1) is 16.6. The van der Waals surface area contributed by atoms with Gasteiger partial charge in [0.2, 0.25) is 5.91 Å². The second kappa shape index (κ2) is 7.16. The fraction of sp³-hybridized carbons (Fsp3) is 0.500. The van der Waals surface area contributed by atoms with E-state index in [1.807, 2.05) is 34.1 Å². The molecular weight excluding hydrogens is 332 g/mol. The second-order valence-corrected chi connectivity index (χ2v) is 8.18. The van der Waals surface area contributed by atoms with E-state index in [4.69, 9.17) is 0 Å². The molecule has 0 unspecified atom stereocenters. The molecule has 0 spiro atoms. The highest BCUT2D eigenvalue weighted by molar-refractivity contribution is 7.20. The van der Waals surface area contributed by atoms with E-state index in [0.29, 0.717) is 19.0 Å². The topological polar surface area (TPSA) is 40.6 Å². The van der Waals surface area contributed by atoms with E-state index in [-0.39, 0.29) is 11.8 Å². The first-order valence-corrected chi connectivity index (χ1v) is 10.1. The zero-order valence-electron chi connectivity index (χ0n) is 14.4. The standard InChI is InChI=1S/C20H24N2O2S/c23-19(21-10-4-1-5-11-21)15-8-12-22(13-9-15)20(24)18-14-16-6-2-3-7-17(16)25-18/h2-3,6-7,14-15H,1,4-5,8-13H2. The van der Waals surface area contributed by atoms with Gasteiger partial charge in [-0.25, -0.2) is 0 Å². The van der Waals surface area contributed by atoms with Crippen LogP contribution in [-0.2, 0) is 4.79 Å². The number of hydrogen-bond donors (Lipinski definition) is 0. The molecule has 2 aliphatic rings. The summed E-state index contributed by atoms with van der Waals surface area (Å²) >= 11 is 1.56. The molecule has 2 fully saturated rings. The minimum atomic E-state index is 0.101. The average molecular weight is 356 g/mol. The summed E-state index contributed by atoms with van der Waals surface area (Å²) in [5.74, 6) is 0.531. The van der Waals surface area contributed by atoms with Crippen molar-refractivity contribution in [2.75, 3.05) is 26.2 Å². The van der Waals surface area contributed by atoms with E-state index in [1.54, 1.807) is 11.3 Å². The van der Waals surface area contributed by atoms with Gasteiger partial charge in [0.1, 0.15) is 0 Å². The number of benzene rings is 1. The summed E-state index contributed by atoms with van der Waals surface area (Å²) in [7, 11) is 0. The van der Waals surface area contributed by atoms with Crippen molar-refractivity contribution in [3.63, 3.8) is 0 Å². The molecule has 4 rings (SSSR count). The quantitative estimate of drug-likeness (QED) is 0.822. The van der Waals surface area contributed by atoms with Gasteiger partial charge in [-0.15, -0.1) is 11.3 Å². The lowest BCUT2D eigenvalue weighted by Gasteiger charge is -2.35. The van der Waals surface area contributed by atoms with Crippen LogP contribution in [0.2, 0.25) is 0 Å². The Balaban J connectivity index is 1.37. The Morgan fingerprint density at radius 1 is 0.920 bits per heavy atom. The van der Waals surface area contributed by atoms with E-state index >= 15 is 0 Å². The van der Waals surface area contributed by atoms with Crippen molar-refractivity contribution in [1.82, 2.24) is 9.80 Å². The molecule has 0 N–H and O–H groups in total. The molecule has 3 heterocycles. The summed E-state index contributed by atoms with van der Waals surface area (Å²) in [4.78, 5) is 30.2. The summed E-state index contributed by atoms with van der Waals surface area (Å²) in [6.45, 7) is 3.22. The van der Waals surface area contributed by atoms with Crippen LogP contribution in [0.3, 0.4) is 0 Å². The number of likely N-dealkylation sites (tertiary alicyclic amines) is 2. The highest BCUT2D eigenvalue weighted by Crippen LogP contribution is 2.28. The van der Waals surface area contributed by atoms with Gasteiger partial charge in [-0.1, -0.05) is 18.2 Å². The number of carbonyl (C=O) groups excluding carboxylic acids is 2. The normalized spacial score (nSPS) is 19.4. The van der Waals surface area contributed by atoms with E-state index < -0.39 is 0 Å². The number of rotatable bonds is 2. The molecular formula is C20H24N2O2S. The fourth-order valence-corrected chi connectivity index (χ4v) is 4.98. The van der Waals surface area contributed by atoms with Crippen LogP contribution in [0.1, 0.15) is 41.8 Å². The van der Waals surface area contributed by atoms with E-state index in [9.17, 15) is 9.59 Å². The van der Waals surface area contributed by atoms with Gasteiger partial charge in [0.05, 0.1) is 4.88 Å². The number of hydrogen-bond acceptors (Lipinski definition) is 3. The van der Waals surface area contributed by atoms with Crippen LogP contribution in [0.25, 0.3) is 10.1 Å². The van der Waals surface area contributed by atoms with Crippen LogP contribution in [0, 0.1) is 5.92 Å². The third-order valence-electron chi connectivity index (χ3n) is 5.44. The molecule has 0 aliphatic carbocycles. The van der Waals surface area contributed by atoms with E-state index in [1.165, 1.54) is 6.42 Å². The molecule has 0 bridgehead atoms. The fourth-order valence-electron chi connectivity index (χ4n) is 3.95. The SMILES string of the molecule is O=C(c1cc2ccccc2s1)N1CCC(C(=O)N2CCCCC2)CC1. The lowest BCUT2D eigenvalue weighted by atomic mass is 9.94. The predicted molar refractivity (Wildman–Crippen MR) is 101 cm³/mol. The minimum absolute atomic E-state index is 0.101.